The second-order valence-corrected chi connectivity index (χ2v) is 8.52. The Labute approximate surface area is 179 Å². The van der Waals surface area contributed by atoms with Gasteiger partial charge in [0.2, 0.25) is 5.91 Å². The zero-order valence-electron chi connectivity index (χ0n) is 17.2. The van der Waals surface area contributed by atoms with Gasteiger partial charge in [-0.15, -0.1) is 0 Å². The second kappa shape index (κ2) is 8.71. The molecule has 0 fully saturated rings. The topological polar surface area (TPSA) is 86.8 Å². The van der Waals surface area contributed by atoms with Crippen LogP contribution in [0, 0.1) is 5.92 Å². The maximum atomic E-state index is 13.0. The number of hydrogen-bond acceptors (Lipinski definition) is 5. The molecule has 8 heteroatoms. The molecule has 1 heterocycles. The summed E-state index contributed by atoms with van der Waals surface area (Å²) in [6.07, 6.45) is 0. The van der Waals surface area contributed by atoms with Crippen molar-refractivity contribution in [3.63, 3.8) is 0 Å². The molecule has 0 aromatic heterocycles. The van der Waals surface area contributed by atoms with Crippen LogP contribution in [0.1, 0.15) is 34.6 Å². The summed E-state index contributed by atoms with van der Waals surface area (Å²) >= 11 is 1.08. The fourth-order valence-electron chi connectivity index (χ4n) is 3.19. The number of nitrogens with one attached hydrogen (secondary N) is 1. The quantitative estimate of drug-likeness (QED) is 0.583. The van der Waals surface area contributed by atoms with E-state index in [1.807, 2.05) is 0 Å². The van der Waals surface area contributed by atoms with Crippen molar-refractivity contribution < 1.29 is 19.2 Å². The minimum absolute atomic E-state index is 0.0997. The van der Waals surface area contributed by atoms with Crippen LogP contribution in [-0.2, 0) is 4.79 Å². The van der Waals surface area contributed by atoms with E-state index in [2.05, 4.69) is 5.32 Å². The van der Waals surface area contributed by atoms with Crippen molar-refractivity contribution in [3.05, 3.63) is 59.7 Å². The van der Waals surface area contributed by atoms with Gasteiger partial charge in [-0.05, 0) is 54.1 Å². The number of nitrogens with zero attached hydrogens (tertiary/aromatic N) is 2. The van der Waals surface area contributed by atoms with Crippen LogP contribution in [0.2, 0.25) is 0 Å². The molecule has 1 unspecified atom stereocenters. The highest BCUT2D eigenvalue weighted by atomic mass is 32.2. The Morgan fingerprint density at radius 2 is 1.47 bits per heavy atom. The minimum atomic E-state index is -0.943. The summed E-state index contributed by atoms with van der Waals surface area (Å²) in [7, 11) is 3.35. The molecule has 3 rings (SSSR count). The summed E-state index contributed by atoms with van der Waals surface area (Å²) in [5.74, 6) is -1.64. The van der Waals surface area contributed by atoms with Gasteiger partial charge in [-0.3, -0.25) is 24.1 Å². The molecule has 2 aromatic carbocycles. The predicted octanol–water partition coefficient (Wildman–Crippen LogP) is 3.72. The molecule has 156 valence electrons. The van der Waals surface area contributed by atoms with E-state index in [1.54, 1.807) is 76.5 Å². The summed E-state index contributed by atoms with van der Waals surface area (Å²) < 4.78 is 0. The molecule has 1 aliphatic rings. The number of carbonyl (C=O) groups excluding carboxylic acids is 4. The fourth-order valence-corrected chi connectivity index (χ4v) is 3.85. The number of anilines is 1. The molecule has 2 aromatic rings. The third-order valence-electron chi connectivity index (χ3n) is 4.70. The molecule has 0 bridgehead atoms. The first-order valence-electron chi connectivity index (χ1n) is 9.47. The van der Waals surface area contributed by atoms with E-state index in [4.69, 9.17) is 0 Å². The van der Waals surface area contributed by atoms with E-state index >= 15 is 0 Å². The number of rotatable bonds is 5. The van der Waals surface area contributed by atoms with E-state index in [1.165, 1.54) is 4.90 Å². The Morgan fingerprint density at radius 1 is 0.933 bits per heavy atom. The van der Waals surface area contributed by atoms with Crippen LogP contribution in [0.25, 0.3) is 0 Å². The number of fused-ring (bicyclic) bond motifs is 1. The van der Waals surface area contributed by atoms with Crippen molar-refractivity contribution in [2.75, 3.05) is 19.4 Å². The first-order chi connectivity index (χ1) is 14.2. The number of imide groups is 1. The molecular weight excluding hydrogens is 402 g/mol. The van der Waals surface area contributed by atoms with Crippen LogP contribution in [-0.4, -0.2) is 52.9 Å². The second-order valence-electron chi connectivity index (χ2n) is 7.49. The van der Waals surface area contributed by atoms with Gasteiger partial charge in [0, 0.05) is 24.7 Å². The normalized spacial score (nSPS) is 14.0. The summed E-state index contributed by atoms with van der Waals surface area (Å²) in [6, 6.07) is 12.5. The zero-order valence-corrected chi connectivity index (χ0v) is 18.0. The highest BCUT2D eigenvalue weighted by molar-refractivity contribution is 8.13. The Balaban J connectivity index is 1.77. The third-order valence-corrected chi connectivity index (χ3v) is 5.74. The van der Waals surface area contributed by atoms with E-state index in [9.17, 15) is 19.2 Å². The largest absolute Gasteiger partial charge is 0.339 e. The lowest BCUT2D eigenvalue weighted by molar-refractivity contribution is -0.121. The van der Waals surface area contributed by atoms with Gasteiger partial charge in [0.15, 0.2) is 0 Å². The zero-order chi connectivity index (χ0) is 22.0. The summed E-state index contributed by atoms with van der Waals surface area (Å²) in [5.41, 5.74) is 1.14. The van der Waals surface area contributed by atoms with Crippen molar-refractivity contribution >= 4 is 40.4 Å². The van der Waals surface area contributed by atoms with Crippen LogP contribution < -0.4 is 5.32 Å². The highest BCUT2D eigenvalue weighted by Gasteiger charge is 2.43. The van der Waals surface area contributed by atoms with Crippen molar-refractivity contribution in [1.82, 2.24) is 9.80 Å². The molecule has 4 amide bonds. The van der Waals surface area contributed by atoms with Crippen LogP contribution in [0.5, 0.6) is 0 Å². The van der Waals surface area contributed by atoms with Crippen molar-refractivity contribution in [1.29, 1.82) is 0 Å². The van der Waals surface area contributed by atoms with Crippen LogP contribution >= 0.6 is 11.8 Å². The monoisotopic (exact) mass is 425 g/mol. The van der Waals surface area contributed by atoms with Gasteiger partial charge in [-0.25, -0.2) is 0 Å². The molecule has 0 radical (unpaired) electrons. The van der Waals surface area contributed by atoms with E-state index in [-0.39, 0.29) is 11.2 Å². The Hall–Kier alpha value is -3.13. The SMILES string of the molecule is CC(C)C(C(=O)Nc1ccc(SC(=O)N(C)C)cc1)N1C(=O)c2ccccc2C1=O. The molecule has 1 aliphatic heterocycles. The maximum absolute atomic E-state index is 13.0. The third kappa shape index (κ3) is 4.23. The molecule has 0 aliphatic carbocycles. The molecule has 7 nitrogen and oxygen atoms in total. The van der Waals surface area contributed by atoms with Gasteiger partial charge in [-0.2, -0.15) is 0 Å². The number of benzene rings is 2. The van der Waals surface area contributed by atoms with Gasteiger partial charge < -0.3 is 10.2 Å². The minimum Gasteiger partial charge on any atom is -0.339 e. The summed E-state index contributed by atoms with van der Waals surface area (Å²) in [4.78, 5) is 53.7. The van der Waals surface area contributed by atoms with Crippen LogP contribution in [0.15, 0.2) is 53.4 Å². The van der Waals surface area contributed by atoms with Gasteiger partial charge in [0.25, 0.3) is 17.1 Å². The van der Waals surface area contributed by atoms with E-state index < -0.39 is 23.8 Å². The smallest absolute Gasteiger partial charge is 0.285 e. The van der Waals surface area contributed by atoms with E-state index in [0.29, 0.717) is 16.8 Å². The molecule has 30 heavy (non-hydrogen) atoms. The molecule has 1 atom stereocenters. The van der Waals surface area contributed by atoms with E-state index in [0.717, 1.165) is 21.6 Å². The highest BCUT2D eigenvalue weighted by Crippen LogP contribution is 2.28. The van der Waals surface area contributed by atoms with Crippen LogP contribution in [0.3, 0.4) is 0 Å². The average molecular weight is 426 g/mol. The fraction of sp³-hybridized carbons (Fsp3) is 0.273. The summed E-state index contributed by atoms with van der Waals surface area (Å²) in [5, 5.41) is 2.68. The number of hydrogen-bond donors (Lipinski definition) is 1. The lowest BCUT2D eigenvalue weighted by Crippen LogP contribution is -2.50. The Bertz CT molecular complexity index is 967. The van der Waals surface area contributed by atoms with Crippen LogP contribution in [0.4, 0.5) is 10.5 Å². The number of amides is 4. The van der Waals surface area contributed by atoms with Gasteiger partial charge >= 0.3 is 0 Å². The Morgan fingerprint density at radius 3 is 1.93 bits per heavy atom. The molecule has 0 saturated carbocycles. The molecule has 0 saturated heterocycles. The molecule has 0 spiro atoms. The van der Waals surface area contributed by atoms with Crippen molar-refractivity contribution in [2.24, 2.45) is 5.92 Å². The Kier molecular flexibility index (Phi) is 6.26. The average Bonchev–Trinajstić information content (AvgIpc) is 2.95. The lowest BCUT2D eigenvalue weighted by Gasteiger charge is -2.28. The maximum Gasteiger partial charge on any atom is 0.285 e. The number of carbonyl (C=O) groups is 4. The molecular formula is C22H23N3O4S. The predicted molar refractivity (Wildman–Crippen MR) is 116 cm³/mol. The standard InChI is InChI=1S/C22H23N3O4S/c1-13(2)18(25-20(27)16-7-5-6-8-17(16)21(25)28)19(26)23-14-9-11-15(12-10-14)30-22(29)24(3)4/h5-13,18H,1-4H3,(H,23,26). The summed E-state index contributed by atoms with van der Waals surface area (Å²) in [6.45, 7) is 3.58. The van der Waals surface area contributed by atoms with Gasteiger partial charge in [-0.1, -0.05) is 26.0 Å². The first-order valence-corrected chi connectivity index (χ1v) is 10.3. The van der Waals surface area contributed by atoms with Gasteiger partial charge in [0.1, 0.15) is 6.04 Å². The molecule has 1 N–H and O–H groups in total. The van der Waals surface area contributed by atoms with Crippen molar-refractivity contribution in [3.8, 4) is 0 Å². The van der Waals surface area contributed by atoms with Crippen molar-refractivity contribution in [2.45, 2.75) is 24.8 Å². The number of thioether (sulfide) groups is 1. The van der Waals surface area contributed by atoms with Gasteiger partial charge in [0.05, 0.1) is 11.1 Å². The first kappa shape index (κ1) is 21.6. The lowest BCUT2D eigenvalue weighted by atomic mass is 10.0.